The molecule has 0 radical (unpaired) electrons. The van der Waals surface area contributed by atoms with Crippen LogP contribution in [-0.4, -0.2) is 48.4 Å². The molecule has 0 unspecified atom stereocenters. The van der Waals surface area contributed by atoms with E-state index in [4.69, 9.17) is 11.6 Å². The van der Waals surface area contributed by atoms with Gasteiger partial charge in [0.25, 0.3) is 5.91 Å². The van der Waals surface area contributed by atoms with E-state index < -0.39 is 0 Å². The fraction of sp³-hybridized carbons (Fsp3) is 0.316. The van der Waals surface area contributed by atoms with Crippen LogP contribution in [0.1, 0.15) is 21.6 Å². The fourth-order valence-corrected chi connectivity index (χ4v) is 3.45. The molecule has 3 rings (SSSR count). The van der Waals surface area contributed by atoms with Gasteiger partial charge in [0.15, 0.2) is 0 Å². The Balaban J connectivity index is 1.76. The first-order valence-electron chi connectivity index (χ1n) is 8.46. The van der Waals surface area contributed by atoms with E-state index >= 15 is 0 Å². The highest BCUT2D eigenvalue weighted by molar-refractivity contribution is 6.34. The SMILES string of the molecule is Cc1cc(C)c(NC(=O)c2cc(N3CCN(C=O)CC3)ccn2)c(Cl)c1. The summed E-state index contributed by atoms with van der Waals surface area (Å²) in [5.74, 6) is -0.299. The smallest absolute Gasteiger partial charge is 0.274 e. The standard InChI is InChI=1S/C19H21ClN4O2/c1-13-9-14(2)18(16(20)10-13)22-19(26)17-11-15(3-4-21-17)24-7-5-23(12-25)6-8-24/h3-4,9-12H,5-8H2,1-2H3,(H,22,26). The largest absolute Gasteiger partial charge is 0.368 e. The Morgan fingerprint density at radius 3 is 2.58 bits per heavy atom. The lowest BCUT2D eigenvalue weighted by atomic mass is 10.1. The normalized spacial score (nSPS) is 14.3. The molecule has 1 aromatic heterocycles. The van der Waals surface area contributed by atoms with Crippen molar-refractivity contribution in [3.05, 3.63) is 52.3 Å². The lowest BCUT2D eigenvalue weighted by molar-refractivity contribution is -0.118. The quantitative estimate of drug-likeness (QED) is 0.838. The van der Waals surface area contributed by atoms with E-state index in [1.807, 2.05) is 32.0 Å². The number of benzene rings is 1. The average molecular weight is 373 g/mol. The van der Waals surface area contributed by atoms with E-state index in [-0.39, 0.29) is 5.91 Å². The zero-order valence-electron chi connectivity index (χ0n) is 14.8. The van der Waals surface area contributed by atoms with Crippen molar-refractivity contribution in [2.45, 2.75) is 13.8 Å². The van der Waals surface area contributed by atoms with Gasteiger partial charge >= 0.3 is 0 Å². The molecule has 7 heteroatoms. The third-order valence-electron chi connectivity index (χ3n) is 4.47. The third-order valence-corrected chi connectivity index (χ3v) is 4.77. The summed E-state index contributed by atoms with van der Waals surface area (Å²) in [4.78, 5) is 31.5. The minimum atomic E-state index is -0.299. The van der Waals surface area contributed by atoms with Gasteiger partial charge in [-0.15, -0.1) is 0 Å². The number of halogens is 1. The molecule has 0 spiro atoms. The summed E-state index contributed by atoms with van der Waals surface area (Å²) < 4.78 is 0. The number of carbonyl (C=O) groups is 2. The maximum absolute atomic E-state index is 12.6. The van der Waals surface area contributed by atoms with Gasteiger partial charge in [0.2, 0.25) is 6.41 Å². The Labute approximate surface area is 157 Å². The van der Waals surface area contributed by atoms with Crippen molar-refractivity contribution in [3.8, 4) is 0 Å². The van der Waals surface area contributed by atoms with Crippen LogP contribution in [0.4, 0.5) is 11.4 Å². The van der Waals surface area contributed by atoms with Gasteiger partial charge < -0.3 is 15.1 Å². The Morgan fingerprint density at radius 1 is 1.19 bits per heavy atom. The van der Waals surface area contributed by atoms with Crippen LogP contribution in [0.15, 0.2) is 30.5 Å². The van der Waals surface area contributed by atoms with Gasteiger partial charge in [-0.1, -0.05) is 17.7 Å². The summed E-state index contributed by atoms with van der Waals surface area (Å²) in [5, 5.41) is 3.37. The molecule has 1 aliphatic heterocycles. The number of aromatic nitrogens is 1. The number of hydrogen-bond acceptors (Lipinski definition) is 4. The predicted octanol–water partition coefficient (Wildman–Crippen LogP) is 2.88. The Kier molecular flexibility index (Phi) is 5.42. The molecule has 0 bridgehead atoms. The fourth-order valence-electron chi connectivity index (χ4n) is 3.08. The number of hydrogen-bond donors (Lipinski definition) is 1. The van der Waals surface area contributed by atoms with Crippen LogP contribution in [0.5, 0.6) is 0 Å². The highest BCUT2D eigenvalue weighted by atomic mass is 35.5. The van der Waals surface area contributed by atoms with Gasteiger partial charge in [0, 0.05) is 38.1 Å². The molecule has 1 aliphatic rings. The molecule has 1 fully saturated rings. The van der Waals surface area contributed by atoms with Crippen molar-refractivity contribution in [3.63, 3.8) is 0 Å². The molecule has 136 valence electrons. The maximum Gasteiger partial charge on any atom is 0.274 e. The third kappa shape index (κ3) is 3.96. The summed E-state index contributed by atoms with van der Waals surface area (Å²) in [6, 6.07) is 7.43. The Morgan fingerprint density at radius 2 is 1.92 bits per heavy atom. The number of nitrogens with one attached hydrogen (secondary N) is 1. The maximum atomic E-state index is 12.6. The van der Waals surface area contributed by atoms with Gasteiger partial charge in [0.1, 0.15) is 5.69 Å². The second kappa shape index (κ2) is 7.74. The van der Waals surface area contributed by atoms with E-state index in [0.717, 1.165) is 36.3 Å². The van der Waals surface area contributed by atoms with Crippen LogP contribution in [0.3, 0.4) is 0 Å². The summed E-state index contributed by atoms with van der Waals surface area (Å²) in [6.45, 7) is 6.67. The second-order valence-corrected chi connectivity index (χ2v) is 6.83. The number of anilines is 2. The second-order valence-electron chi connectivity index (χ2n) is 6.42. The minimum absolute atomic E-state index is 0.299. The van der Waals surface area contributed by atoms with Crippen LogP contribution in [0.2, 0.25) is 5.02 Å². The Bertz CT molecular complexity index is 809. The molecular formula is C19H21ClN4O2. The molecule has 1 N–H and O–H groups in total. The molecule has 0 saturated carbocycles. The van der Waals surface area contributed by atoms with Crippen LogP contribution in [-0.2, 0) is 4.79 Å². The monoisotopic (exact) mass is 372 g/mol. The van der Waals surface area contributed by atoms with Crippen molar-refractivity contribution in [2.24, 2.45) is 0 Å². The highest BCUT2D eigenvalue weighted by Gasteiger charge is 2.18. The molecule has 2 amide bonds. The first-order chi connectivity index (χ1) is 12.5. The molecule has 2 heterocycles. The van der Waals surface area contributed by atoms with Crippen LogP contribution in [0, 0.1) is 13.8 Å². The highest BCUT2D eigenvalue weighted by Crippen LogP contribution is 2.28. The van der Waals surface area contributed by atoms with Crippen LogP contribution >= 0.6 is 11.6 Å². The number of rotatable bonds is 4. The molecule has 1 saturated heterocycles. The lowest BCUT2D eigenvalue weighted by Gasteiger charge is -2.34. The van der Waals surface area contributed by atoms with Gasteiger partial charge in [-0.05, 0) is 43.2 Å². The van der Waals surface area contributed by atoms with Crippen molar-refractivity contribution in [1.82, 2.24) is 9.88 Å². The molecule has 26 heavy (non-hydrogen) atoms. The van der Waals surface area contributed by atoms with Crippen molar-refractivity contribution in [2.75, 3.05) is 36.4 Å². The molecule has 2 aromatic rings. The zero-order valence-corrected chi connectivity index (χ0v) is 15.6. The van der Waals surface area contributed by atoms with Gasteiger partial charge in [0.05, 0.1) is 10.7 Å². The number of nitrogens with zero attached hydrogens (tertiary/aromatic N) is 3. The summed E-state index contributed by atoms with van der Waals surface area (Å²) in [6.07, 6.45) is 2.50. The lowest BCUT2D eigenvalue weighted by Crippen LogP contribution is -2.45. The molecule has 6 nitrogen and oxygen atoms in total. The number of amides is 2. The number of pyridine rings is 1. The van der Waals surface area contributed by atoms with E-state index in [0.29, 0.717) is 29.5 Å². The zero-order chi connectivity index (χ0) is 18.7. The number of aryl methyl sites for hydroxylation is 2. The van der Waals surface area contributed by atoms with E-state index in [9.17, 15) is 9.59 Å². The van der Waals surface area contributed by atoms with E-state index in [1.54, 1.807) is 17.2 Å². The summed E-state index contributed by atoms with van der Waals surface area (Å²) >= 11 is 6.27. The predicted molar refractivity (Wildman–Crippen MR) is 103 cm³/mol. The van der Waals surface area contributed by atoms with Crippen LogP contribution in [0.25, 0.3) is 0 Å². The molecule has 1 aromatic carbocycles. The summed E-state index contributed by atoms with van der Waals surface area (Å²) in [5.41, 5.74) is 3.80. The van der Waals surface area contributed by atoms with Crippen molar-refractivity contribution < 1.29 is 9.59 Å². The number of carbonyl (C=O) groups excluding carboxylic acids is 2. The Hall–Kier alpha value is -2.60. The molecule has 0 aliphatic carbocycles. The van der Waals surface area contributed by atoms with E-state index in [2.05, 4.69) is 15.2 Å². The van der Waals surface area contributed by atoms with E-state index in [1.165, 1.54) is 0 Å². The molecule has 0 atom stereocenters. The minimum Gasteiger partial charge on any atom is -0.368 e. The molecular weight excluding hydrogens is 352 g/mol. The topological polar surface area (TPSA) is 65.5 Å². The van der Waals surface area contributed by atoms with Gasteiger partial charge in [-0.2, -0.15) is 0 Å². The van der Waals surface area contributed by atoms with Crippen molar-refractivity contribution >= 4 is 35.3 Å². The number of piperazine rings is 1. The van der Waals surface area contributed by atoms with Crippen LogP contribution < -0.4 is 10.2 Å². The van der Waals surface area contributed by atoms with Crippen molar-refractivity contribution in [1.29, 1.82) is 0 Å². The first kappa shape index (κ1) is 18.2. The first-order valence-corrected chi connectivity index (χ1v) is 8.84. The average Bonchev–Trinajstić information content (AvgIpc) is 2.64. The summed E-state index contributed by atoms with van der Waals surface area (Å²) in [7, 11) is 0. The van der Waals surface area contributed by atoms with Gasteiger partial charge in [-0.25, -0.2) is 0 Å². The van der Waals surface area contributed by atoms with Gasteiger partial charge in [-0.3, -0.25) is 14.6 Å².